The average Bonchev–Trinajstić information content (AvgIpc) is 2.65. The maximum absolute atomic E-state index is 11.4. The lowest BCUT2D eigenvalue weighted by atomic mass is 9.89. The van der Waals surface area contributed by atoms with Gasteiger partial charge in [-0.2, -0.15) is 0 Å². The van der Waals surface area contributed by atoms with Gasteiger partial charge in [-0.3, -0.25) is 9.88 Å². The molecular formula is C22H28N2O. The maximum atomic E-state index is 11.4. The van der Waals surface area contributed by atoms with Crippen molar-refractivity contribution in [2.24, 2.45) is 0 Å². The molecule has 2 aromatic rings. The van der Waals surface area contributed by atoms with Gasteiger partial charge in [0, 0.05) is 24.8 Å². The molecule has 3 atom stereocenters. The van der Waals surface area contributed by atoms with Crippen molar-refractivity contribution in [2.45, 2.75) is 50.8 Å². The van der Waals surface area contributed by atoms with E-state index in [1.807, 2.05) is 54.6 Å². The van der Waals surface area contributed by atoms with Crippen LogP contribution in [0.25, 0.3) is 0 Å². The number of likely N-dealkylation sites (tertiary alicyclic amines) is 1. The fourth-order valence-corrected chi connectivity index (χ4v) is 3.79. The van der Waals surface area contributed by atoms with Gasteiger partial charge in [0.15, 0.2) is 0 Å². The molecule has 0 amide bonds. The zero-order chi connectivity index (χ0) is 17.7. The van der Waals surface area contributed by atoms with E-state index in [2.05, 4.69) is 29.8 Å². The highest BCUT2D eigenvalue weighted by atomic mass is 16.3. The van der Waals surface area contributed by atoms with Gasteiger partial charge >= 0.3 is 0 Å². The largest absolute Gasteiger partial charge is 0.375 e. The van der Waals surface area contributed by atoms with E-state index in [0.29, 0.717) is 17.8 Å². The minimum Gasteiger partial charge on any atom is -0.375 e. The first-order chi connectivity index (χ1) is 12.1. The van der Waals surface area contributed by atoms with Gasteiger partial charge in [0.05, 0.1) is 5.69 Å². The summed E-state index contributed by atoms with van der Waals surface area (Å²) in [6.45, 7) is 5.45. The van der Waals surface area contributed by atoms with E-state index in [1.54, 1.807) is 6.20 Å². The number of rotatable bonds is 5. The Labute approximate surface area is 151 Å². The number of piperidine rings is 1. The summed E-state index contributed by atoms with van der Waals surface area (Å²) in [6, 6.07) is 16.6. The molecule has 0 spiro atoms. The Kier molecular flexibility index (Phi) is 5.67. The number of hydrogen-bond acceptors (Lipinski definition) is 3. The van der Waals surface area contributed by atoms with Gasteiger partial charge in [-0.1, -0.05) is 48.9 Å². The molecule has 2 heterocycles. The normalized spacial score (nSPS) is 24.3. The van der Waals surface area contributed by atoms with Crippen LogP contribution in [-0.2, 0) is 5.60 Å². The molecule has 132 valence electrons. The molecule has 3 nitrogen and oxygen atoms in total. The Balaban J connectivity index is 1.86. The quantitative estimate of drug-likeness (QED) is 0.834. The Morgan fingerprint density at radius 3 is 2.40 bits per heavy atom. The van der Waals surface area contributed by atoms with E-state index in [4.69, 9.17) is 0 Å². The summed E-state index contributed by atoms with van der Waals surface area (Å²) in [6.07, 6.45) is 9.54. The highest BCUT2D eigenvalue weighted by molar-refractivity contribution is 5.37. The molecule has 0 saturated carbocycles. The fraction of sp³-hybridized carbons (Fsp3) is 0.409. The van der Waals surface area contributed by atoms with Crippen molar-refractivity contribution in [3.05, 3.63) is 78.1 Å². The summed E-state index contributed by atoms with van der Waals surface area (Å²) >= 11 is 0. The Morgan fingerprint density at radius 2 is 1.76 bits per heavy atom. The molecule has 1 aromatic carbocycles. The van der Waals surface area contributed by atoms with Crippen molar-refractivity contribution in [1.82, 2.24) is 9.88 Å². The average molecular weight is 336 g/mol. The van der Waals surface area contributed by atoms with Crippen LogP contribution in [-0.4, -0.2) is 33.6 Å². The molecular weight excluding hydrogens is 308 g/mol. The van der Waals surface area contributed by atoms with Crippen molar-refractivity contribution in [2.75, 3.05) is 6.54 Å². The molecule has 25 heavy (non-hydrogen) atoms. The van der Waals surface area contributed by atoms with Gasteiger partial charge in [0.25, 0.3) is 0 Å². The Bertz CT molecular complexity index is 634. The monoisotopic (exact) mass is 336 g/mol. The molecule has 1 aliphatic heterocycles. The predicted molar refractivity (Wildman–Crippen MR) is 102 cm³/mol. The number of pyridine rings is 1. The van der Waals surface area contributed by atoms with Crippen LogP contribution in [0.5, 0.6) is 0 Å². The Morgan fingerprint density at radius 1 is 1.08 bits per heavy atom. The summed E-state index contributed by atoms with van der Waals surface area (Å²) < 4.78 is 0. The van der Waals surface area contributed by atoms with E-state index in [9.17, 15) is 5.11 Å². The predicted octanol–water partition coefficient (Wildman–Crippen LogP) is 4.14. The number of hydrogen-bond donors (Lipinski definition) is 1. The summed E-state index contributed by atoms with van der Waals surface area (Å²) in [7, 11) is 0. The third kappa shape index (κ3) is 4.00. The lowest BCUT2D eigenvalue weighted by molar-refractivity contribution is 0.113. The van der Waals surface area contributed by atoms with Gasteiger partial charge < -0.3 is 5.11 Å². The highest BCUT2D eigenvalue weighted by Crippen LogP contribution is 2.30. The van der Waals surface area contributed by atoms with Crippen LogP contribution in [0.15, 0.2) is 66.9 Å². The van der Waals surface area contributed by atoms with E-state index >= 15 is 0 Å². The lowest BCUT2D eigenvalue weighted by Crippen LogP contribution is -2.43. The van der Waals surface area contributed by atoms with Crippen molar-refractivity contribution in [3.63, 3.8) is 0 Å². The molecule has 1 fully saturated rings. The van der Waals surface area contributed by atoms with E-state index in [-0.39, 0.29) is 0 Å². The van der Waals surface area contributed by atoms with Crippen LogP contribution < -0.4 is 0 Å². The van der Waals surface area contributed by atoms with Gasteiger partial charge in [0.2, 0.25) is 0 Å². The second-order valence-corrected chi connectivity index (χ2v) is 7.08. The molecule has 1 N–H and O–H groups in total. The summed E-state index contributed by atoms with van der Waals surface area (Å²) in [5, 5.41) is 11.4. The molecule has 0 aliphatic carbocycles. The fourth-order valence-electron chi connectivity index (χ4n) is 3.79. The van der Waals surface area contributed by atoms with E-state index in [0.717, 1.165) is 12.1 Å². The highest BCUT2D eigenvalue weighted by Gasteiger charge is 2.30. The zero-order valence-electron chi connectivity index (χ0n) is 15.2. The van der Waals surface area contributed by atoms with E-state index < -0.39 is 5.60 Å². The van der Waals surface area contributed by atoms with Gasteiger partial charge in [-0.15, -0.1) is 0 Å². The molecule has 3 rings (SSSR count). The molecule has 3 heteroatoms. The SMILES string of the molecule is C[C@@H]1CCC[C@@H](C)N1C/C=C/[C@](O)(c1ccccc1)c1ccccn1. The third-order valence-electron chi connectivity index (χ3n) is 5.32. The van der Waals surface area contributed by atoms with Crippen LogP contribution in [0.1, 0.15) is 44.4 Å². The first kappa shape index (κ1) is 17.8. The maximum Gasteiger partial charge on any atom is 0.150 e. The van der Waals surface area contributed by atoms with Crippen LogP contribution in [0.2, 0.25) is 0 Å². The minimum absolute atomic E-state index is 0.591. The van der Waals surface area contributed by atoms with Gasteiger partial charge in [-0.05, 0) is 50.5 Å². The number of benzene rings is 1. The smallest absolute Gasteiger partial charge is 0.150 e. The second-order valence-electron chi connectivity index (χ2n) is 7.08. The van der Waals surface area contributed by atoms with Crippen LogP contribution >= 0.6 is 0 Å². The zero-order valence-corrected chi connectivity index (χ0v) is 15.2. The minimum atomic E-state index is -1.20. The van der Waals surface area contributed by atoms with Crippen LogP contribution in [0.4, 0.5) is 0 Å². The van der Waals surface area contributed by atoms with Crippen LogP contribution in [0, 0.1) is 0 Å². The van der Waals surface area contributed by atoms with Crippen molar-refractivity contribution < 1.29 is 5.11 Å². The molecule has 0 radical (unpaired) electrons. The number of aliphatic hydroxyl groups is 1. The number of nitrogens with zero attached hydrogens (tertiary/aromatic N) is 2. The second kappa shape index (κ2) is 7.94. The molecule has 1 saturated heterocycles. The lowest BCUT2D eigenvalue weighted by Gasteiger charge is -2.38. The summed E-state index contributed by atoms with van der Waals surface area (Å²) in [4.78, 5) is 6.93. The third-order valence-corrected chi connectivity index (χ3v) is 5.32. The Hall–Kier alpha value is -1.97. The molecule has 0 unspecified atom stereocenters. The molecule has 0 bridgehead atoms. The first-order valence-corrected chi connectivity index (χ1v) is 9.24. The first-order valence-electron chi connectivity index (χ1n) is 9.24. The molecule has 1 aromatic heterocycles. The van der Waals surface area contributed by atoms with Crippen molar-refractivity contribution in [3.8, 4) is 0 Å². The topological polar surface area (TPSA) is 36.4 Å². The molecule has 1 aliphatic rings. The van der Waals surface area contributed by atoms with Crippen molar-refractivity contribution in [1.29, 1.82) is 0 Å². The van der Waals surface area contributed by atoms with Gasteiger partial charge in [0.1, 0.15) is 5.60 Å². The van der Waals surface area contributed by atoms with Gasteiger partial charge in [-0.25, -0.2) is 0 Å². The van der Waals surface area contributed by atoms with Crippen LogP contribution in [0.3, 0.4) is 0 Å². The number of aromatic nitrogens is 1. The van der Waals surface area contributed by atoms with Crippen molar-refractivity contribution >= 4 is 0 Å². The standard InChI is InChI=1S/C22H28N2O/c1-18-10-8-11-19(2)24(18)17-9-15-22(25,20-12-4-3-5-13-20)21-14-6-7-16-23-21/h3-7,9,12-16,18-19,25H,8,10-11,17H2,1-2H3/b15-9+/t18-,19-,22+/m1/s1. The summed E-state index contributed by atoms with van der Waals surface area (Å²) in [5.41, 5.74) is 0.284. The van der Waals surface area contributed by atoms with E-state index in [1.165, 1.54) is 19.3 Å². The summed E-state index contributed by atoms with van der Waals surface area (Å²) in [5.74, 6) is 0.